The third-order valence-electron chi connectivity index (χ3n) is 5.27. The maximum absolute atomic E-state index is 12.6. The SMILES string of the molecule is Cn1nc(C(=O)N[C@H]2CCC(=O)N[C@@H]2C2CCCO2)cc1C1CC1. The van der Waals surface area contributed by atoms with Crippen LogP contribution in [0.25, 0.3) is 0 Å². The van der Waals surface area contributed by atoms with Crippen LogP contribution in [0.4, 0.5) is 0 Å². The van der Waals surface area contributed by atoms with Gasteiger partial charge in [0.05, 0.1) is 18.2 Å². The maximum Gasteiger partial charge on any atom is 0.272 e. The van der Waals surface area contributed by atoms with Gasteiger partial charge in [-0.3, -0.25) is 14.3 Å². The number of nitrogens with one attached hydrogen (secondary N) is 2. The minimum absolute atomic E-state index is 0.00897. The fraction of sp³-hybridized carbons (Fsp3) is 0.706. The normalized spacial score (nSPS) is 30.2. The molecular formula is C17H24N4O3. The summed E-state index contributed by atoms with van der Waals surface area (Å²) in [6, 6.07) is 1.64. The average molecular weight is 332 g/mol. The fourth-order valence-electron chi connectivity index (χ4n) is 3.82. The molecule has 1 saturated carbocycles. The maximum atomic E-state index is 12.6. The molecule has 1 aromatic heterocycles. The Morgan fingerprint density at radius 3 is 2.92 bits per heavy atom. The number of hydrogen-bond donors (Lipinski definition) is 2. The van der Waals surface area contributed by atoms with E-state index in [1.54, 1.807) is 0 Å². The van der Waals surface area contributed by atoms with E-state index in [1.165, 1.54) is 12.8 Å². The molecule has 0 spiro atoms. The van der Waals surface area contributed by atoms with E-state index in [4.69, 9.17) is 4.74 Å². The first-order valence-electron chi connectivity index (χ1n) is 8.87. The number of ether oxygens (including phenoxy) is 1. The van der Waals surface area contributed by atoms with Crippen LogP contribution in [-0.2, 0) is 16.6 Å². The van der Waals surface area contributed by atoms with Crippen LogP contribution in [0, 0.1) is 0 Å². The van der Waals surface area contributed by atoms with E-state index in [9.17, 15) is 9.59 Å². The lowest BCUT2D eigenvalue weighted by Crippen LogP contribution is -2.60. The second-order valence-corrected chi connectivity index (χ2v) is 7.12. The Balaban J connectivity index is 1.46. The first-order valence-corrected chi connectivity index (χ1v) is 8.87. The Morgan fingerprint density at radius 1 is 1.38 bits per heavy atom. The summed E-state index contributed by atoms with van der Waals surface area (Å²) in [5.74, 6) is 0.425. The van der Waals surface area contributed by atoms with Gasteiger partial charge in [0.2, 0.25) is 5.91 Å². The molecule has 1 aliphatic carbocycles. The van der Waals surface area contributed by atoms with Crippen molar-refractivity contribution >= 4 is 11.8 Å². The first-order chi connectivity index (χ1) is 11.6. The summed E-state index contributed by atoms with van der Waals surface area (Å²) in [6.45, 7) is 0.725. The van der Waals surface area contributed by atoms with Gasteiger partial charge >= 0.3 is 0 Å². The Labute approximate surface area is 141 Å². The molecule has 3 heterocycles. The molecule has 130 valence electrons. The number of piperidine rings is 1. The summed E-state index contributed by atoms with van der Waals surface area (Å²) in [4.78, 5) is 24.4. The number of rotatable bonds is 4. The Kier molecular flexibility index (Phi) is 4.04. The number of aryl methyl sites for hydroxylation is 1. The Hall–Kier alpha value is -1.89. The van der Waals surface area contributed by atoms with Gasteiger partial charge in [0.25, 0.3) is 5.91 Å². The second kappa shape index (κ2) is 6.20. The van der Waals surface area contributed by atoms with E-state index in [2.05, 4.69) is 15.7 Å². The zero-order valence-corrected chi connectivity index (χ0v) is 14.0. The van der Waals surface area contributed by atoms with Gasteiger partial charge in [-0.15, -0.1) is 0 Å². The van der Waals surface area contributed by atoms with Crippen LogP contribution in [0.15, 0.2) is 6.07 Å². The van der Waals surface area contributed by atoms with Gasteiger partial charge in [0.1, 0.15) is 5.69 Å². The summed E-state index contributed by atoms with van der Waals surface area (Å²) < 4.78 is 7.55. The summed E-state index contributed by atoms with van der Waals surface area (Å²) in [5, 5.41) is 10.4. The Morgan fingerprint density at radius 2 is 2.21 bits per heavy atom. The van der Waals surface area contributed by atoms with E-state index in [1.807, 2.05) is 17.8 Å². The Bertz CT molecular complexity index is 646. The standard InChI is InChI=1S/C17H24N4O3/c1-21-13(10-4-5-10)9-12(20-21)17(23)18-11-6-7-15(22)19-16(11)14-3-2-8-24-14/h9-11,14,16H,2-8H2,1H3,(H,18,23)(H,19,22)/t11-,14?,16-/m0/s1. The minimum Gasteiger partial charge on any atom is -0.376 e. The van der Waals surface area contributed by atoms with Crippen LogP contribution in [0.5, 0.6) is 0 Å². The molecule has 0 aromatic carbocycles. The molecule has 3 atom stereocenters. The van der Waals surface area contributed by atoms with Crippen molar-refractivity contribution in [2.75, 3.05) is 6.61 Å². The van der Waals surface area contributed by atoms with Gasteiger partial charge in [0.15, 0.2) is 0 Å². The number of carbonyl (C=O) groups is 2. The van der Waals surface area contributed by atoms with Gasteiger partial charge in [-0.05, 0) is 38.2 Å². The van der Waals surface area contributed by atoms with Crippen LogP contribution < -0.4 is 10.6 Å². The molecule has 2 aliphatic heterocycles. The van der Waals surface area contributed by atoms with Crippen LogP contribution >= 0.6 is 0 Å². The summed E-state index contributed by atoms with van der Waals surface area (Å²) >= 11 is 0. The highest BCUT2D eigenvalue weighted by molar-refractivity contribution is 5.93. The highest BCUT2D eigenvalue weighted by Crippen LogP contribution is 2.39. The lowest BCUT2D eigenvalue weighted by Gasteiger charge is -2.35. The quantitative estimate of drug-likeness (QED) is 0.856. The smallest absolute Gasteiger partial charge is 0.272 e. The molecule has 3 fully saturated rings. The molecule has 0 bridgehead atoms. The molecule has 7 nitrogen and oxygen atoms in total. The van der Waals surface area contributed by atoms with Crippen molar-refractivity contribution in [3.8, 4) is 0 Å². The lowest BCUT2D eigenvalue weighted by atomic mass is 9.92. The molecule has 0 radical (unpaired) electrons. The van der Waals surface area contributed by atoms with E-state index >= 15 is 0 Å². The van der Waals surface area contributed by atoms with Crippen molar-refractivity contribution in [3.05, 3.63) is 17.5 Å². The van der Waals surface area contributed by atoms with Gasteiger partial charge in [-0.2, -0.15) is 5.10 Å². The summed E-state index contributed by atoms with van der Waals surface area (Å²) in [6.07, 6.45) is 5.35. The van der Waals surface area contributed by atoms with E-state index in [0.717, 1.165) is 25.1 Å². The third kappa shape index (κ3) is 3.05. The van der Waals surface area contributed by atoms with Crippen molar-refractivity contribution in [2.24, 2.45) is 7.05 Å². The number of carbonyl (C=O) groups excluding carboxylic acids is 2. The van der Waals surface area contributed by atoms with Crippen molar-refractivity contribution in [3.63, 3.8) is 0 Å². The van der Waals surface area contributed by atoms with Crippen LogP contribution in [0.2, 0.25) is 0 Å². The first kappa shape index (κ1) is 15.6. The van der Waals surface area contributed by atoms with Gasteiger partial charge in [-0.25, -0.2) is 0 Å². The van der Waals surface area contributed by atoms with Gasteiger partial charge < -0.3 is 15.4 Å². The third-order valence-corrected chi connectivity index (χ3v) is 5.27. The van der Waals surface area contributed by atoms with E-state index in [0.29, 0.717) is 24.5 Å². The number of aromatic nitrogens is 2. The fourth-order valence-corrected chi connectivity index (χ4v) is 3.82. The molecule has 3 aliphatic rings. The number of nitrogens with zero attached hydrogens (tertiary/aromatic N) is 2. The lowest BCUT2D eigenvalue weighted by molar-refractivity contribution is -0.125. The summed E-state index contributed by atoms with van der Waals surface area (Å²) in [5.41, 5.74) is 1.59. The van der Waals surface area contributed by atoms with Crippen molar-refractivity contribution in [1.82, 2.24) is 20.4 Å². The van der Waals surface area contributed by atoms with Gasteiger partial charge in [-0.1, -0.05) is 0 Å². The number of amides is 2. The molecule has 7 heteroatoms. The minimum atomic E-state index is -0.165. The predicted octanol–water partition coefficient (Wildman–Crippen LogP) is 0.853. The summed E-state index contributed by atoms with van der Waals surface area (Å²) in [7, 11) is 1.89. The molecule has 2 saturated heterocycles. The van der Waals surface area contributed by atoms with E-state index in [-0.39, 0.29) is 30.0 Å². The van der Waals surface area contributed by atoms with Crippen LogP contribution in [-0.4, -0.2) is 46.4 Å². The molecular weight excluding hydrogens is 308 g/mol. The highest BCUT2D eigenvalue weighted by Gasteiger charge is 2.38. The monoisotopic (exact) mass is 332 g/mol. The van der Waals surface area contributed by atoms with Crippen molar-refractivity contribution in [1.29, 1.82) is 0 Å². The van der Waals surface area contributed by atoms with Crippen LogP contribution in [0.3, 0.4) is 0 Å². The van der Waals surface area contributed by atoms with E-state index < -0.39 is 0 Å². The van der Waals surface area contributed by atoms with Gasteiger partial charge in [0, 0.05) is 31.7 Å². The molecule has 1 unspecified atom stereocenters. The predicted molar refractivity (Wildman–Crippen MR) is 86.6 cm³/mol. The largest absolute Gasteiger partial charge is 0.376 e. The second-order valence-electron chi connectivity index (χ2n) is 7.12. The zero-order chi connectivity index (χ0) is 16.7. The van der Waals surface area contributed by atoms with Crippen molar-refractivity contribution < 1.29 is 14.3 Å². The molecule has 2 N–H and O–H groups in total. The average Bonchev–Trinajstić information content (AvgIpc) is 3.10. The van der Waals surface area contributed by atoms with Crippen molar-refractivity contribution in [2.45, 2.75) is 62.6 Å². The molecule has 1 aromatic rings. The molecule has 4 rings (SSSR count). The molecule has 24 heavy (non-hydrogen) atoms. The zero-order valence-electron chi connectivity index (χ0n) is 14.0. The van der Waals surface area contributed by atoms with Crippen LogP contribution in [0.1, 0.15) is 60.6 Å². The topological polar surface area (TPSA) is 85.2 Å². The number of hydrogen-bond acceptors (Lipinski definition) is 4. The molecule has 2 amide bonds. The highest BCUT2D eigenvalue weighted by atomic mass is 16.5.